The Labute approximate surface area is 213 Å². The monoisotopic (exact) mass is 514 g/mol. The van der Waals surface area contributed by atoms with E-state index in [9.17, 15) is 4.79 Å². The molecule has 9 heteroatoms. The van der Waals surface area contributed by atoms with Gasteiger partial charge >= 0.3 is 0 Å². The Balaban J connectivity index is 1.47. The highest BCUT2D eigenvalue weighted by Gasteiger charge is 2.20. The van der Waals surface area contributed by atoms with Crippen LogP contribution in [-0.2, 0) is 4.79 Å². The third-order valence-electron chi connectivity index (χ3n) is 5.71. The number of nitrogens with zero attached hydrogens (tertiary/aromatic N) is 2. The van der Waals surface area contributed by atoms with Crippen LogP contribution in [0, 0.1) is 0 Å². The van der Waals surface area contributed by atoms with Crippen molar-refractivity contribution in [2.24, 2.45) is 0 Å². The number of likely N-dealkylation sites (tertiary alicyclic amines) is 1. The standard InChI is InChI=1S/C25H27ClN4O2S2/c1-4-22(31)27-18-6-5-7-19(15-18)33-24-23(26)29-25(34-24)28-20-9-8-17(14-21(20)32-3)16-10-12-30(2)13-11-16/h4-9,14-16H,1,10-13H2,2-3H3,(H,27,31)(H,28,29). The van der Waals surface area contributed by atoms with Crippen molar-refractivity contribution in [2.75, 3.05) is 37.9 Å². The third kappa shape index (κ3) is 6.13. The minimum atomic E-state index is -0.250. The molecule has 0 bridgehead atoms. The van der Waals surface area contributed by atoms with Gasteiger partial charge in [0.1, 0.15) is 9.96 Å². The number of amides is 1. The van der Waals surface area contributed by atoms with E-state index < -0.39 is 0 Å². The third-order valence-corrected chi connectivity index (χ3v) is 8.34. The molecule has 0 unspecified atom stereocenters. The fourth-order valence-corrected chi connectivity index (χ4v) is 6.20. The summed E-state index contributed by atoms with van der Waals surface area (Å²) in [4.78, 5) is 19.4. The van der Waals surface area contributed by atoms with Crippen LogP contribution >= 0.6 is 34.7 Å². The number of nitrogens with one attached hydrogen (secondary N) is 2. The zero-order chi connectivity index (χ0) is 24.1. The lowest BCUT2D eigenvalue weighted by atomic mass is 9.89. The molecular formula is C25H27ClN4O2S2. The molecule has 0 saturated carbocycles. The maximum Gasteiger partial charge on any atom is 0.247 e. The number of carbonyl (C=O) groups is 1. The minimum absolute atomic E-state index is 0.250. The van der Waals surface area contributed by atoms with E-state index in [0.717, 1.165) is 46.5 Å². The maximum atomic E-state index is 11.6. The van der Waals surface area contributed by atoms with Gasteiger partial charge in [0.25, 0.3) is 0 Å². The Morgan fingerprint density at radius 3 is 2.82 bits per heavy atom. The molecule has 1 amide bonds. The number of hydrogen-bond donors (Lipinski definition) is 2. The predicted molar refractivity (Wildman–Crippen MR) is 142 cm³/mol. The number of halogens is 1. The molecular weight excluding hydrogens is 488 g/mol. The number of thiazole rings is 1. The summed E-state index contributed by atoms with van der Waals surface area (Å²) in [7, 11) is 3.86. The normalized spacial score (nSPS) is 14.6. The molecule has 0 spiro atoms. The molecule has 4 rings (SSSR count). The Kier molecular flexibility index (Phi) is 8.15. The Bertz CT molecular complexity index is 1180. The van der Waals surface area contributed by atoms with Crippen molar-refractivity contribution in [3.63, 3.8) is 0 Å². The van der Waals surface area contributed by atoms with Gasteiger partial charge in [-0.15, -0.1) is 0 Å². The van der Waals surface area contributed by atoms with E-state index in [1.807, 2.05) is 24.3 Å². The minimum Gasteiger partial charge on any atom is -0.495 e. The van der Waals surface area contributed by atoms with Crippen molar-refractivity contribution in [3.05, 3.63) is 65.8 Å². The molecule has 3 aromatic rings. The van der Waals surface area contributed by atoms with Gasteiger partial charge in [-0.2, -0.15) is 0 Å². The average molecular weight is 515 g/mol. The first-order valence-corrected chi connectivity index (χ1v) is 13.0. The summed E-state index contributed by atoms with van der Waals surface area (Å²) in [6, 6.07) is 13.9. The van der Waals surface area contributed by atoms with Crippen molar-refractivity contribution < 1.29 is 9.53 Å². The second kappa shape index (κ2) is 11.3. The van der Waals surface area contributed by atoms with Crippen LogP contribution in [0.1, 0.15) is 24.3 Å². The zero-order valence-corrected chi connectivity index (χ0v) is 21.5. The lowest BCUT2D eigenvalue weighted by molar-refractivity contribution is -0.111. The summed E-state index contributed by atoms with van der Waals surface area (Å²) in [5.41, 5.74) is 2.87. The van der Waals surface area contributed by atoms with Gasteiger partial charge in [-0.3, -0.25) is 4.79 Å². The van der Waals surface area contributed by atoms with E-state index in [1.54, 1.807) is 7.11 Å². The van der Waals surface area contributed by atoms with Crippen LogP contribution in [0.15, 0.2) is 64.2 Å². The van der Waals surface area contributed by atoms with Crippen LogP contribution in [0.25, 0.3) is 0 Å². The highest BCUT2D eigenvalue weighted by Crippen LogP contribution is 2.42. The molecule has 1 fully saturated rings. The van der Waals surface area contributed by atoms with Gasteiger partial charge in [-0.05, 0) is 80.9 Å². The van der Waals surface area contributed by atoms with Crippen LogP contribution < -0.4 is 15.4 Å². The highest BCUT2D eigenvalue weighted by molar-refractivity contribution is 8.01. The van der Waals surface area contributed by atoms with Crippen LogP contribution in [0.2, 0.25) is 5.15 Å². The van der Waals surface area contributed by atoms with Gasteiger partial charge in [0, 0.05) is 10.6 Å². The van der Waals surface area contributed by atoms with Crippen molar-refractivity contribution >= 4 is 57.1 Å². The van der Waals surface area contributed by atoms with Crippen LogP contribution in [0.3, 0.4) is 0 Å². The van der Waals surface area contributed by atoms with E-state index in [1.165, 1.54) is 34.7 Å². The SMILES string of the molecule is C=CC(=O)Nc1cccc(Sc2sc(Nc3ccc(C4CCN(C)CC4)cc3OC)nc2Cl)c1. The van der Waals surface area contributed by atoms with Crippen molar-refractivity contribution in [2.45, 2.75) is 27.9 Å². The van der Waals surface area contributed by atoms with Crippen molar-refractivity contribution in [1.29, 1.82) is 0 Å². The van der Waals surface area contributed by atoms with E-state index in [2.05, 4.69) is 52.3 Å². The molecule has 0 radical (unpaired) electrons. The second-order valence-electron chi connectivity index (χ2n) is 8.08. The van der Waals surface area contributed by atoms with Gasteiger partial charge in [0.15, 0.2) is 10.3 Å². The molecule has 0 atom stereocenters. The van der Waals surface area contributed by atoms with Gasteiger partial charge in [-0.25, -0.2) is 4.98 Å². The predicted octanol–water partition coefficient (Wildman–Crippen LogP) is 6.63. The maximum absolute atomic E-state index is 11.6. The first-order valence-electron chi connectivity index (χ1n) is 11.0. The largest absolute Gasteiger partial charge is 0.495 e. The fraction of sp³-hybridized carbons (Fsp3) is 0.280. The summed E-state index contributed by atoms with van der Waals surface area (Å²) < 4.78 is 6.54. The molecule has 34 heavy (non-hydrogen) atoms. The van der Waals surface area contributed by atoms with E-state index in [0.29, 0.717) is 21.9 Å². The number of aromatic nitrogens is 1. The van der Waals surface area contributed by atoms with Gasteiger partial charge in [0.2, 0.25) is 5.91 Å². The van der Waals surface area contributed by atoms with Crippen LogP contribution in [0.4, 0.5) is 16.5 Å². The molecule has 6 nitrogen and oxygen atoms in total. The first kappa shape index (κ1) is 24.6. The smallest absolute Gasteiger partial charge is 0.247 e. The molecule has 1 aliphatic heterocycles. The molecule has 1 saturated heterocycles. The molecule has 178 valence electrons. The van der Waals surface area contributed by atoms with Gasteiger partial charge in [0.05, 0.1) is 12.8 Å². The summed E-state index contributed by atoms with van der Waals surface area (Å²) >= 11 is 9.41. The number of piperidine rings is 1. The highest BCUT2D eigenvalue weighted by atomic mass is 35.5. The van der Waals surface area contributed by atoms with Crippen molar-refractivity contribution in [1.82, 2.24) is 9.88 Å². The number of rotatable bonds is 8. The molecule has 2 aromatic carbocycles. The Morgan fingerprint density at radius 1 is 1.29 bits per heavy atom. The van der Waals surface area contributed by atoms with Gasteiger partial charge < -0.3 is 20.3 Å². The lowest BCUT2D eigenvalue weighted by Gasteiger charge is -2.29. The zero-order valence-electron chi connectivity index (χ0n) is 19.1. The number of ether oxygens (including phenoxy) is 1. The van der Waals surface area contributed by atoms with Crippen LogP contribution in [0.5, 0.6) is 5.75 Å². The number of methoxy groups -OCH3 is 1. The first-order chi connectivity index (χ1) is 16.4. The quantitative estimate of drug-likeness (QED) is 0.329. The van der Waals surface area contributed by atoms with E-state index in [-0.39, 0.29) is 5.91 Å². The molecule has 2 heterocycles. The number of hydrogen-bond acceptors (Lipinski definition) is 7. The number of benzene rings is 2. The van der Waals surface area contributed by atoms with Crippen molar-refractivity contribution in [3.8, 4) is 5.75 Å². The number of carbonyl (C=O) groups excluding carboxylic acids is 1. The Morgan fingerprint density at radius 2 is 2.09 bits per heavy atom. The lowest BCUT2D eigenvalue weighted by Crippen LogP contribution is -2.29. The number of anilines is 3. The summed E-state index contributed by atoms with van der Waals surface area (Å²) in [5, 5.41) is 7.25. The summed E-state index contributed by atoms with van der Waals surface area (Å²) in [5.74, 6) is 1.10. The molecule has 2 N–H and O–H groups in total. The summed E-state index contributed by atoms with van der Waals surface area (Å²) in [6.45, 7) is 5.72. The second-order valence-corrected chi connectivity index (χ2v) is 10.8. The van der Waals surface area contributed by atoms with Crippen LogP contribution in [-0.4, -0.2) is 43.0 Å². The fourth-order valence-electron chi connectivity index (χ4n) is 3.86. The summed E-state index contributed by atoms with van der Waals surface area (Å²) in [6.07, 6.45) is 3.56. The topological polar surface area (TPSA) is 66.5 Å². The van der Waals surface area contributed by atoms with E-state index >= 15 is 0 Å². The Hall–Kier alpha value is -2.52. The molecule has 1 aromatic heterocycles. The molecule has 1 aliphatic rings. The average Bonchev–Trinajstić information content (AvgIpc) is 3.18. The molecule has 0 aliphatic carbocycles. The van der Waals surface area contributed by atoms with E-state index in [4.69, 9.17) is 16.3 Å². The van der Waals surface area contributed by atoms with Gasteiger partial charge in [-0.1, -0.05) is 53.4 Å².